The van der Waals surface area contributed by atoms with E-state index in [4.69, 9.17) is 9.78 Å². The molecule has 1 spiro atoms. The molecule has 4 rings (SSSR count). The highest BCUT2D eigenvalue weighted by molar-refractivity contribution is 5.98. The first-order valence-electron chi connectivity index (χ1n) is 8.61. The van der Waals surface area contributed by atoms with E-state index < -0.39 is 0 Å². The lowest BCUT2D eigenvalue weighted by atomic mass is 9.67. The summed E-state index contributed by atoms with van der Waals surface area (Å²) in [6, 6.07) is 11.4. The highest BCUT2D eigenvalue weighted by Crippen LogP contribution is 2.46. The molecule has 7 heteroatoms. The van der Waals surface area contributed by atoms with Gasteiger partial charge in [-0.1, -0.05) is 23.4 Å². The number of anilines is 1. The monoisotopic (exact) mass is 350 g/mol. The average Bonchev–Trinajstić information content (AvgIpc) is 3.20. The van der Waals surface area contributed by atoms with Crippen LogP contribution in [0.2, 0.25) is 0 Å². The van der Waals surface area contributed by atoms with Crippen LogP contribution >= 0.6 is 0 Å². The van der Waals surface area contributed by atoms with Crippen molar-refractivity contribution in [3.05, 3.63) is 47.9 Å². The fourth-order valence-corrected chi connectivity index (χ4v) is 4.08. The average molecular weight is 350 g/mol. The minimum absolute atomic E-state index is 0.0275. The van der Waals surface area contributed by atoms with Crippen LogP contribution in [0.5, 0.6) is 0 Å². The molecular formula is C19H18N4O3. The van der Waals surface area contributed by atoms with Gasteiger partial charge >= 0.3 is 0 Å². The fourth-order valence-electron chi connectivity index (χ4n) is 4.08. The van der Waals surface area contributed by atoms with E-state index >= 15 is 0 Å². The van der Waals surface area contributed by atoms with Crippen LogP contribution < -0.4 is 4.90 Å². The molecule has 7 nitrogen and oxygen atoms in total. The van der Waals surface area contributed by atoms with E-state index in [0.29, 0.717) is 32.4 Å². The molecular weight excluding hydrogens is 332 g/mol. The number of piperidine rings is 1. The van der Waals surface area contributed by atoms with Gasteiger partial charge in [-0.2, -0.15) is 5.26 Å². The smallest absolute Gasteiger partial charge is 0.292 e. The minimum Gasteiger partial charge on any atom is -0.351 e. The SMILES string of the molecule is N#CCN1C(=O)CC2(CCN(C(=O)c3ccno3)CC2)c2ccccc21. The Balaban J connectivity index is 1.60. The van der Waals surface area contributed by atoms with Gasteiger partial charge in [0.15, 0.2) is 0 Å². The third kappa shape index (κ3) is 2.54. The second-order valence-electron chi connectivity index (χ2n) is 6.78. The van der Waals surface area contributed by atoms with E-state index in [1.807, 2.05) is 24.3 Å². The van der Waals surface area contributed by atoms with Crippen LogP contribution in [0.1, 0.15) is 35.4 Å². The number of likely N-dealkylation sites (tertiary alicyclic amines) is 1. The Morgan fingerprint density at radius 2 is 2.04 bits per heavy atom. The van der Waals surface area contributed by atoms with Crippen LogP contribution in [-0.4, -0.2) is 41.5 Å². The maximum atomic E-state index is 12.7. The molecule has 0 saturated carbocycles. The zero-order valence-electron chi connectivity index (χ0n) is 14.2. The molecule has 0 bridgehead atoms. The van der Waals surface area contributed by atoms with E-state index in [2.05, 4.69) is 11.2 Å². The number of carbonyl (C=O) groups is 2. The summed E-state index contributed by atoms with van der Waals surface area (Å²) in [5.41, 5.74) is 1.64. The molecule has 1 aromatic heterocycles. The predicted octanol–water partition coefficient (Wildman–Crippen LogP) is 2.11. The Kier molecular flexibility index (Phi) is 3.96. The maximum Gasteiger partial charge on any atom is 0.292 e. The second kappa shape index (κ2) is 6.30. The number of hydrogen-bond acceptors (Lipinski definition) is 5. The van der Waals surface area contributed by atoms with Gasteiger partial charge in [-0.15, -0.1) is 0 Å². The third-order valence-electron chi connectivity index (χ3n) is 5.44. The summed E-state index contributed by atoms with van der Waals surface area (Å²) in [6.45, 7) is 1.17. The summed E-state index contributed by atoms with van der Waals surface area (Å²) in [4.78, 5) is 28.5. The Morgan fingerprint density at radius 1 is 1.27 bits per heavy atom. The van der Waals surface area contributed by atoms with Gasteiger partial charge in [-0.3, -0.25) is 14.5 Å². The topological polar surface area (TPSA) is 90.4 Å². The summed E-state index contributed by atoms with van der Waals surface area (Å²) in [7, 11) is 0. The summed E-state index contributed by atoms with van der Waals surface area (Å²) in [5, 5.41) is 12.6. The van der Waals surface area contributed by atoms with Crippen LogP contribution in [0.3, 0.4) is 0 Å². The molecule has 2 aliphatic rings. The molecule has 2 amide bonds. The molecule has 1 fully saturated rings. The lowest BCUT2D eigenvalue weighted by Crippen LogP contribution is -2.51. The third-order valence-corrected chi connectivity index (χ3v) is 5.44. The van der Waals surface area contributed by atoms with Gasteiger partial charge in [-0.25, -0.2) is 0 Å². The van der Waals surface area contributed by atoms with Gasteiger partial charge in [0.1, 0.15) is 6.54 Å². The zero-order valence-corrected chi connectivity index (χ0v) is 14.2. The van der Waals surface area contributed by atoms with E-state index in [-0.39, 0.29) is 29.5 Å². The van der Waals surface area contributed by atoms with Crippen LogP contribution in [0.4, 0.5) is 5.69 Å². The molecule has 2 aromatic rings. The predicted molar refractivity (Wildman–Crippen MR) is 92.3 cm³/mol. The Bertz CT molecular complexity index is 876. The molecule has 26 heavy (non-hydrogen) atoms. The van der Waals surface area contributed by atoms with Gasteiger partial charge in [0.25, 0.3) is 5.91 Å². The Morgan fingerprint density at radius 3 is 2.73 bits per heavy atom. The molecule has 0 atom stereocenters. The highest BCUT2D eigenvalue weighted by Gasteiger charge is 2.45. The molecule has 0 N–H and O–H groups in total. The minimum atomic E-state index is -0.280. The van der Waals surface area contributed by atoms with E-state index in [1.54, 1.807) is 15.9 Å². The van der Waals surface area contributed by atoms with Crippen LogP contribution in [-0.2, 0) is 10.2 Å². The van der Waals surface area contributed by atoms with Gasteiger partial charge in [0.05, 0.1) is 12.3 Å². The van der Waals surface area contributed by atoms with Crippen molar-refractivity contribution in [1.82, 2.24) is 10.1 Å². The van der Waals surface area contributed by atoms with E-state index in [9.17, 15) is 9.59 Å². The number of benzene rings is 1. The van der Waals surface area contributed by atoms with Crippen LogP contribution in [0.25, 0.3) is 0 Å². The van der Waals surface area contributed by atoms with E-state index in [1.165, 1.54) is 6.20 Å². The maximum absolute atomic E-state index is 12.7. The van der Waals surface area contributed by atoms with Crippen molar-refractivity contribution in [2.24, 2.45) is 0 Å². The molecule has 0 unspecified atom stereocenters. The number of carbonyl (C=O) groups excluding carboxylic acids is 2. The standard InChI is InChI=1S/C19H18N4O3/c20-8-12-23-15-4-2-1-3-14(15)19(13-17(23)24)6-10-22(11-7-19)18(25)16-5-9-21-26-16/h1-5,9H,6-7,10-13H2. The largest absolute Gasteiger partial charge is 0.351 e. The summed E-state index contributed by atoms with van der Waals surface area (Å²) in [5.74, 6) is 0.0420. The summed E-state index contributed by atoms with van der Waals surface area (Å²) in [6.07, 6.45) is 3.24. The van der Waals surface area contributed by atoms with Crippen molar-refractivity contribution in [3.8, 4) is 6.07 Å². The molecule has 0 aliphatic carbocycles. The Hall–Kier alpha value is -3.14. The van der Waals surface area contributed by atoms with Crippen molar-refractivity contribution in [3.63, 3.8) is 0 Å². The number of nitriles is 1. The van der Waals surface area contributed by atoms with E-state index in [0.717, 1.165) is 11.3 Å². The fraction of sp³-hybridized carbons (Fsp3) is 0.368. The van der Waals surface area contributed by atoms with Crippen molar-refractivity contribution < 1.29 is 14.1 Å². The molecule has 2 aliphatic heterocycles. The first-order valence-corrected chi connectivity index (χ1v) is 8.61. The summed E-state index contributed by atoms with van der Waals surface area (Å²) >= 11 is 0. The summed E-state index contributed by atoms with van der Waals surface area (Å²) < 4.78 is 4.97. The number of fused-ring (bicyclic) bond motifs is 2. The van der Waals surface area contributed by atoms with Gasteiger partial charge in [-0.05, 0) is 24.5 Å². The normalized spacial score (nSPS) is 18.5. The van der Waals surface area contributed by atoms with Crippen molar-refractivity contribution in [1.29, 1.82) is 5.26 Å². The molecule has 0 radical (unpaired) electrons. The lowest BCUT2D eigenvalue weighted by Gasteiger charge is -2.46. The number of rotatable bonds is 2. The molecule has 3 heterocycles. The first kappa shape index (κ1) is 16.3. The van der Waals surface area contributed by atoms with Gasteiger partial charge < -0.3 is 9.42 Å². The lowest BCUT2D eigenvalue weighted by molar-refractivity contribution is -0.120. The molecule has 1 saturated heterocycles. The van der Waals surface area contributed by atoms with Crippen LogP contribution in [0.15, 0.2) is 41.1 Å². The molecule has 132 valence electrons. The number of hydrogen-bond donors (Lipinski definition) is 0. The van der Waals surface area contributed by atoms with Crippen molar-refractivity contribution in [2.75, 3.05) is 24.5 Å². The van der Waals surface area contributed by atoms with Gasteiger partial charge in [0.2, 0.25) is 11.7 Å². The quantitative estimate of drug-likeness (QED) is 0.774. The molecule has 1 aromatic carbocycles. The highest BCUT2D eigenvalue weighted by atomic mass is 16.5. The van der Waals surface area contributed by atoms with Crippen molar-refractivity contribution >= 4 is 17.5 Å². The number of aromatic nitrogens is 1. The Labute approximate surface area is 150 Å². The zero-order chi connectivity index (χ0) is 18.1. The first-order chi connectivity index (χ1) is 12.6. The number of amides is 2. The van der Waals surface area contributed by atoms with Crippen LogP contribution in [0, 0.1) is 11.3 Å². The second-order valence-corrected chi connectivity index (χ2v) is 6.78. The number of nitrogens with zero attached hydrogens (tertiary/aromatic N) is 4. The van der Waals surface area contributed by atoms with Gasteiger partial charge in [0, 0.05) is 36.7 Å². The number of para-hydroxylation sites is 1. The van der Waals surface area contributed by atoms with Crippen molar-refractivity contribution in [2.45, 2.75) is 24.7 Å².